The number of amides is 2. The zero-order valence-corrected chi connectivity index (χ0v) is 27.9. The standard InChI is InChI=1S/C36H37Cl2N3O4S/c1-26-11-5-10-18-33(26)41(46(44,45)31-21-19-29(37)20-22-31)25-35(42)40(24-28-14-6-9-17-32(28)38)34(23-27-12-3-2-4-13-27)36(43)39-30-15-7-8-16-30/h2-6,9-14,17-22,30,34H,7-8,15-16,23-25H2,1H3,(H,39,43)/t34-/m1/s1. The van der Waals surface area contributed by atoms with Gasteiger partial charge in [-0.2, -0.15) is 0 Å². The highest BCUT2D eigenvalue weighted by Crippen LogP contribution is 2.29. The number of anilines is 1. The first-order valence-corrected chi connectivity index (χ1v) is 17.5. The van der Waals surface area contributed by atoms with Crippen molar-refractivity contribution in [3.05, 3.63) is 130 Å². The lowest BCUT2D eigenvalue weighted by Crippen LogP contribution is -2.54. The van der Waals surface area contributed by atoms with Crippen molar-refractivity contribution < 1.29 is 18.0 Å². The van der Waals surface area contributed by atoms with E-state index in [1.54, 1.807) is 49.4 Å². The zero-order chi connectivity index (χ0) is 32.7. The number of nitrogens with one attached hydrogen (secondary N) is 1. The number of para-hydroxylation sites is 1. The lowest BCUT2D eigenvalue weighted by atomic mass is 10.0. The maximum Gasteiger partial charge on any atom is 0.264 e. The molecule has 0 spiro atoms. The van der Waals surface area contributed by atoms with Crippen LogP contribution >= 0.6 is 23.2 Å². The van der Waals surface area contributed by atoms with E-state index in [1.165, 1.54) is 29.2 Å². The molecule has 0 radical (unpaired) electrons. The van der Waals surface area contributed by atoms with Crippen molar-refractivity contribution in [3.63, 3.8) is 0 Å². The highest BCUT2D eigenvalue weighted by atomic mass is 35.5. The smallest absolute Gasteiger partial charge is 0.264 e. The molecule has 240 valence electrons. The fourth-order valence-electron chi connectivity index (χ4n) is 5.82. The highest BCUT2D eigenvalue weighted by Gasteiger charge is 2.36. The number of rotatable bonds is 12. The summed E-state index contributed by atoms with van der Waals surface area (Å²) in [5, 5.41) is 4.01. The predicted molar refractivity (Wildman–Crippen MR) is 183 cm³/mol. The van der Waals surface area contributed by atoms with Crippen LogP contribution in [0, 0.1) is 6.92 Å². The molecule has 2 amide bonds. The molecule has 5 rings (SSSR count). The fraction of sp³-hybridized carbons (Fsp3) is 0.278. The molecule has 46 heavy (non-hydrogen) atoms. The van der Waals surface area contributed by atoms with Gasteiger partial charge in [-0.1, -0.05) is 103 Å². The van der Waals surface area contributed by atoms with Crippen molar-refractivity contribution in [3.8, 4) is 0 Å². The number of aryl methyl sites for hydroxylation is 1. The molecule has 7 nitrogen and oxygen atoms in total. The average Bonchev–Trinajstić information content (AvgIpc) is 3.56. The Labute approximate surface area is 281 Å². The first-order valence-electron chi connectivity index (χ1n) is 15.3. The minimum Gasteiger partial charge on any atom is -0.352 e. The van der Waals surface area contributed by atoms with Crippen LogP contribution in [0.3, 0.4) is 0 Å². The van der Waals surface area contributed by atoms with E-state index in [-0.39, 0.29) is 29.8 Å². The van der Waals surface area contributed by atoms with Crippen LogP contribution < -0.4 is 9.62 Å². The van der Waals surface area contributed by atoms with Gasteiger partial charge in [-0.05, 0) is 72.9 Å². The van der Waals surface area contributed by atoms with E-state index >= 15 is 0 Å². The van der Waals surface area contributed by atoms with Crippen LogP contribution in [0.2, 0.25) is 10.0 Å². The van der Waals surface area contributed by atoms with Crippen molar-refractivity contribution in [1.29, 1.82) is 0 Å². The molecule has 4 aromatic rings. The molecule has 1 aliphatic rings. The lowest BCUT2D eigenvalue weighted by Gasteiger charge is -2.34. The highest BCUT2D eigenvalue weighted by molar-refractivity contribution is 7.92. The van der Waals surface area contributed by atoms with Crippen LogP contribution in [0.15, 0.2) is 108 Å². The molecular weight excluding hydrogens is 641 g/mol. The first-order chi connectivity index (χ1) is 22.1. The Morgan fingerprint density at radius 3 is 2.15 bits per heavy atom. The summed E-state index contributed by atoms with van der Waals surface area (Å²) in [5.74, 6) is -0.817. The Morgan fingerprint density at radius 1 is 0.848 bits per heavy atom. The summed E-state index contributed by atoms with van der Waals surface area (Å²) in [4.78, 5) is 30.2. The van der Waals surface area contributed by atoms with Crippen LogP contribution in [0.5, 0.6) is 0 Å². The number of hydrogen-bond acceptors (Lipinski definition) is 4. The number of halogens is 2. The van der Waals surface area contributed by atoms with Crippen molar-refractivity contribution in [2.45, 2.75) is 62.6 Å². The molecule has 0 unspecified atom stereocenters. The van der Waals surface area contributed by atoms with E-state index < -0.39 is 28.5 Å². The van der Waals surface area contributed by atoms with E-state index in [0.29, 0.717) is 26.9 Å². The summed E-state index contributed by atoms with van der Waals surface area (Å²) in [6, 6.07) is 28.6. The molecule has 0 bridgehead atoms. The molecule has 1 fully saturated rings. The third-order valence-corrected chi connectivity index (χ3v) is 10.7. The van der Waals surface area contributed by atoms with Crippen LogP contribution in [-0.2, 0) is 32.6 Å². The number of benzene rings is 4. The number of carbonyl (C=O) groups excluding carboxylic acids is 2. The van der Waals surface area contributed by atoms with Gasteiger partial charge in [-0.25, -0.2) is 8.42 Å². The molecule has 0 aliphatic heterocycles. The number of sulfonamides is 1. The summed E-state index contributed by atoms with van der Waals surface area (Å²) in [5.41, 5.74) is 2.55. The Kier molecular flexibility index (Phi) is 11.0. The van der Waals surface area contributed by atoms with Gasteiger partial charge in [0, 0.05) is 29.1 Å². The Morgan fingerprint density at radius 2 is 1.48 bits per heavy atom. The Balaban J connectivity index is 1.58. The second-order valence-corrected chi connectivity index (χ2v) is 14.3. The second kappa shape index (κ2) is 15.2. The van der Waals surface area contributed by atoms with Crippen LogP contribution in [0.25, 0.3) is 0 Å². The van der Waals surface area contributed by atoms with E-state index in [4.69, 9.17) is 23.2 Å². The molecule has 0 heterocycles. The molecule has 0 saturated heterocycles. The van der Waals surface area contributed by atoms with Crippen molar-refractivity contribution >= 4 is 50.7 Å². The molecule has 1 aliphatic carbocycles. The van der Waals surface area contributed by atoms with Gasteiger partial charge in [0.05, 0.1) is 10.6 Å². The van der Waals surface area contributed by atoms with Gasteiger partial charge in [0.25, 0.3) is 10.0 Å². The average molecular weight is 679 g/mol. The maximum atomic E-state index is 14.6. The normalized spacial score (nSPS) is 14.1. The largest absolute Gasteiger partial charge is 0.352 e. The summed E-state index contributed by atoms with van der Waals surface area (Å²) >= 11 is 12.7. The Hall–Kier alpha value is -3.85. The minimum atomic E-state index is -4.23. The molecule has 1 N–H and O–H groups in total. The second-order valence-electron chi connectivity index (χ2n) is 11.6. The van der Waals surface area contributed by atoms with Gasteiger partial charge in [-0.3, -0.25) is 13.9 Å². The van der Waals surface area contributed by atoms with Crippen molar-refractivity contribution in [2.75, 3.05) is 10.8 Å². The van der Waals surface area contributed by atoms with Gasteiger partial charge in [0.15, 0.2) is 0 Å². The monoisotopic (exact) mass is 677 g/mol. The number of nitrogens with zero attached hydrogens (tertiary/aromatic N) is 2. The van der Waals surface area contributed by atoms with E-state index in [0.717, 1.165) is 35.6 Å². The van der Waals surface area contributed by atoms with Crippen molar-refractivity contribution in [1.82, 2.24) is 10.2 Å². The van der Waals surface area contributed by atoms with Gasteiger partial charge in [0.1, 0.15) is 12.6 Å². The van der Waals surface area contributed by atoms with Gasteiger partial charge in [0.2, 0.25) is 11.8 Å². The van der Waals surface area contributed by atoms with E-state index in [9.17, 15) is 18.0 Å². The summed E-state index contributed by atoms with van der Waals surface area (Å²) < 4.78 is 29.5. The van der Waals surface area contributed by atoms with Crippen LogP contribution in [-0.4, -0.2) is 43.8 Å². The van der Waals surface area contributed by atoms with Gasteiger partial charge < -0.3 is 10.2 Å². The topological polar surface area (TPSA) is 86.8 Å². The summed E-state index contributed by atoms with van der Waals surface area (Å²) in [7, 11) is -4.23. The molecule has 0 aromatic heterocycles. The quantitative estimate of drug-likeness (QED) is 0.172. The predicted octanol–water partition coefficient (Wildman–Crippen LogP) is 7.20. The lowest BCUT2D eigenvalue weighted by molar-refractivity contribution is -0.140. The molecule has 1 saturated carbocycles. The van der Waals surface area contributed by atoms with E-state index in [1.807, 2.05) is 36.4 Å². The maximum absolute atomic E-state index is 14.6. The van der Waals surface area contributed by atoms with E-state index in [2.05, 4.69) is 5.32 Å². The molecule has 1 atom stereocenters. The minimum absolute atomic E-state index is 0.00887. The summed E-state index contributed by atoms with van der Waals surface area (Å²) in [6.07, 6.45) is 4.06. The fourth-order valence-corrected chi connectivity index (χ4v) is 7.62. The number of carbonyl (C=O) groups is 2. The van der Waals surface area contributed by atoms with Gasteiger partial charge in [-0.15, -0.1) is 0 Å². The molecule has 10 heteroatoms. The first kappa shape index (κ1) is 33.5. The third-order valence-electron chi connectivity index (χ3n) is 8.34. The third kappa shape index (κ3) is 8.10. The van der Waals surface area contributed by atoms with Crippen molar-refractivity contribution in [2.24, 2.45) is 0 Å². The number of hydrogen-bond donors (Lipinski definition) is 1. The summed E-state index contributed by atoms with van der Waals surface area (Å²) in [6.45, 7) is 1.26. The Bertz CT molecular complexity index is 1760. The molecule has 4 aromatic carbocycles. The SMILES string of the molecule is Cc1ccccc1N(CC(=O)N(Cc1ccccc1Cl)[C@H](Cc1ccccc1)C(=O)NC1CCCC1)S(=O)(=O)c1ccc(Cl)cc1. The zero-order valence-electron chi connectivity index (χ0n) is 25.6. The van der Waals surface area contributed by atoms with Crippen LogP contribution in [0.4, 0.5) is 5.69 Å². The van der Waals surface area contributed by atoms with Gasteiger partial charge >= 0.3 is 0 Å². The van der Waals surface area contributed by atoms with Crippen LogP contribution in [0.1, 0.15) is 42.4 Å². The molecular formula is C36H37Cl2N3O4S.